The molecule has 1 N–H and O–H groups in total. The normalized spacial score (nSPS) is 25.4. The molecular formula is C13H19NO2. The highest BCUT2D eigenvalue weighted by molar-refractivity contribution is 5.91. The van der Waals surface area contributed by atoms with Crippen LogP contribution in [0.3, 0.4) is 0 Å². The van der Waals surface area contributed by atoms with Crippen LogP contribution in [-0.4, -0.2) is 11.9 Å². The van der Waals surface area contributed by atoms with Crippen LogP contribution < -0.4 is 5.32 Å². The fraction of sp³-hybridized carbons (Fsp3) is 0.615. The average molecular weight is 221 g/mol. The van der Waals surface area contributed by atoms with Crippen LogP contribution in [-0.2, 0) is 0 Å². The van der Waals surface area contributed by atoms with Crippen LogP contribution >= 0.6 is 0 Å². The number of aryl methyl sites for hydroxylation is 1. The van der Waals surface area contributed by atoms with Gasteiger partial charge in [0.2, 0.25) is 0 Å². The van der Waals surface area contributed by atoms with Gasteiger partial charge in [-0.15, -0.1) is 0 Å². The lowest BCUT2D eigenvalue weighted by atomic mass is 9.86. The highest BCUT2D eigenvalue weighted by Crippen LogP contribution is 2.24. The molecule has 1 fully saturated rings. The van der Waals surface area contributed by atoms with Gasteiger partial charge in [0.25, 0.3) is 5.91 Å². The summed E-state index contributed by atoms with van der Waals surface area (Å²) in [5.74, 6) is 1.71. The smallest absolute Gasteiger partial charge is 0.287 e. The van der Waals surface area contributed by atoms with E-state index < -0.39 is 0 Å². The summed E-state index contributed by atoms with van der Waals surface area (Å²) in [6.07, 6.45) is 4.80. The molecule has 0 aromatic carbocycles. The molecule has 1 amide bonds. The lowest BCUT2D eigenvalue weighted by Crippen LogP contribution is -2.40. The molecule has 0 spiro atoms. The Morgan fingerprint density at radius 3 is 2.75 bits per heavy atom. The number of amides is 1. The van der Waals surface area contributed by atoms with E-state index in [0.29, 0.717) is 17.7 Å². The molecule has 0 aliphatic heterocycles. The van der Waals surface area contributed by atoms with Gasteiger partial charge >= 0.3 is 0 Å². The number of hydrogen-bond acceptors (Lipinski definition) is 2. The van der Waals surface area contributed by atoms with Gasteiger partial charge in [-0.1, -0.05) is 19.8 Å². The van der Waals surface area contributed by atoms with Gasteiger partial charge in [-0.2, -0.15) is 0 Å². The Labute approximate surface area is 96.2 Å². The molecule has 0 bridgehead atoms. The number of rotatable bonds is 2. The van der Waals surface area contributed by atoms with E-state index >= 15 is 0 Å². The number of carbonyl (C=O) groups excluding carboxylic acids is 1. The summed E-state index contributed by atoms with van der Waals surface area (Å²) >= 11 is 0. The zero-order chi connectivity index (χ0) is 11.5. The molecule has 1 saturated carbocycles. The van der Waals surface area contributed by atoms with Gasteiger partial charge < -0.3 is 9.73 Å². The molecule has 0 unspecified atom stereocenters. The Hall–Kier alpha value is -1.25. The van der Waals surface area contributed by atoms with Crippen molar-refractivity contribution in [2.24, 2.45) is 5.92 Å². The summed E-state index contributed by atoms with van der Waals surface area (Å²) < 4.78 is 5.31. The average Bonchev–Trinajstić information content (AvgIpc) is 2.68. The van der Waals surface area contributed by atoms with E-state index in [1.54, 1.807) is 6.07 Å². The van der Waals surface area contributed by atoms with E-state index in [2.05, 4.69) is 12.2 Å². The minimum Gasteiger partial charge on any atom is -0.456 e. The van der Waals surface area contributed by atoms with E-state index in [-0.39, 0.29) is 5.91 Å². The molecule has 16 heavy (non-hydrogen) atoms. The van der Waals surface area contributed by atoms with Gasteiger partial charge in [0, 0.05) is 6.04 Å². The number of hydrogen-bond donors (Lipinski definition) is 1. The first-order valence-electron chi connectivity index (χ1n) is 6.04. The third kappa shape index (κ3) is 2.46. The summed E-state index contributed by atoms with van der Waals surface area (Å²) in [6.45, 7) is 4.05. The molecule has 1 heterocycles. The summed E-state index contributed by atoms with van der Waals surface area (Å²) in [6, 6.07) is 3.86. The Morgan fingerprint density at radius 2 is 2.12 bits per heavy atom. The van der Waals surface area contributed by atoms with Crippen LogP contribution in [0.5, 0.6) is 0 Å². The standard InChI is InChI=1S/C13H19NO2/c1-9-5-3-4-6-11(9)14-13(15)12-8-7-10(2)16-12/h7-9,11H,3-6H2,1-2H3,(H,14,15)/t9-,11+/m1/s1. The molecule has 1 aromatic heterocycles. The van der Waals surface area contributed by atoms with Crippen molar-refractivity contribution < 1.29 is 9.21 Å². The molecule has 0 radical (unpaired) electrons. The van der Waals surface area contributed by atoms with Crippen LogP contribution in [0.2, 0.25) is 0 Å². The summed E-state index contributed by atoms with van der Waals surface area (Å²) in [5, 5.41) is 3.07. The van der Waals surface area contributed by atoms with E-state index in [9.17, 15) is 4.79 Å². The van der Waals surface area contributed by atoms with Crippen molar-refractivity contribution in [2.45, 2.75) is 45.6 Å². The topological polar surface area (TPSA) is 42.2 Å². The highest BCUT2D eigenvalue weighted by atomic mass is 16.3. The SMILES string of the molecule is Cc1ccc(C(=O)N[C@H]2CCCC[C@H]2C)o1. The molecule has 1 aromatic rings. The highest BCUT2D eigenvalue weighted by Gasteiger charge is 2.24. The van der Waals surface area contributed by atoms with Crippen molar-refractivity contribution in [1.29, 1.82) is 0 Å². The first kappa shape index (κ1) is 11.2. The summed E-state index contributed by atoms with van der Waals surface area (Å²) in [4.78, 5) is 11.9. The maximum absolute atomic E-state index is 11.9. The van der Waals surface area contributed by atoms with Gasteiger partial charge in [-0.3, -0.25) is 4.79 Å². The molecule has 2 rings (SSSR count). The third-order valence-corrected chi connectivity index (χ3v) is 3.39. The summed E-state index contributed by atoms with van der Waals surface area (Å²) in [5.41, 5.74) is 0. The van der Waals surface area contributed by atoms with Crippen molar-refractivity contribution in [1.82, 2.24) is 5.32 Å². The van der Waals surface area contributed by atoms with Crippen molar-refractivity contribution in [3.8, 4) is 0 Å². The lowest BCUT2D eigenvalue weighted by Gasteiger charge is -2.29. The Bertz CT molecular complexity index is 370. The summed E-state index contributed by atoms with van der Waals surface area (Å²) in [7, 11) is 0. The largest absolute Gasteiger partial charge is 0.456 e. The van der Waals surface area contributed by atoms with Crippen LogP contribution in [0.1, 0.15) is 48.9 Å². The molecule has 3 nitrogen and oxygen atoms in total. The second kappa shape index (κ2) is 4.73. The van der Waals surface area contributed by atoms with Gasteiger partial charge in [0.15, 0.2) is 5.76 Å². The van der Waals surface area contributed by atoms with E-state index in [1.807, 2.05) is 13.0 Å². The molecular weight excluding hydrogens is 202 g/mol. The fourth-order valence-electron chi connectivity index (χ4n) is 2.33. The van der Waals surface area contributed by atoms with E-state index in [0.717, 1.165) is 12.2 Å². The number of furan rings is 1. The molecule has 88 valence electrons. The van der Waals surface area contributed by atoms with Crippen LogP contribution in [0.25, 0.3) is 0 Å². The monoisotopic (exact) mass is 221 g/mol. The zero-order valence-corrected chi connectivity index (χ0v) is 9.95. The van der Waals surface area contributed by atoms with Crippen LogP contribution in [0.15, 0.2) is 16.5 Å². The Morgan fingerprint density at radius 1 is 1.38 bits per heavy atom. The maximum Gasteiger partial charge on any atom is 0.287 e. The predicted octanol–water partition coefficient (Wildman–Crippen LogP) is 2.90. The lowest BCUT2D eigenvalue weighted by molar-refractivity contribution is 0.0880. The minimum absolute atomic E-state index is 0.0770. The molecule has 0 saturated heterocycles. The third-order valence-electron chi connectivity index (χ3n) is 3.39. The van der Waals surface area contributed by atoms with Crippen LogP contribution in [0.4, 0.5) is 0 Å². The van der Waals surface area contributed by atoms with E-state index in [4.69, 9.17) is 4.42 Å². The van der Waals surface area contributed by atoms with Crippen LogP contribution in [0, 0.1) is 12.8 Å². The fourth-order valence-corrected chi connectivity index (χ4v) is 2.33. The van der Waals surface area contributed by atoms with Gasteiger partial charge in [-0.05, 0) is 37.8 Å². The van der Waals surface area contributed by atoms with Crippen molar-refractivity contribution in [2.75, 3.05) is 0 Å². The number of carbonyl (C=O) groups is 1. The quantitative estimate of drug-likeness (QED) is 0.834. The Kier molecular flexibility index (Phi) is 3.32. The first-order chi connectivity index (χ1) is 7.66. The van der Waals surface area contributed by atoms with Crippen molar-refractivity contribution >= 4 is 5.91 Å². The van der Waals surface area contributed by atoms with Crippen molar-refractivity contribution in [3.05, 3.63) is 23.7 Å². The van der Waals surface area contributed by atoms with Gasteiger partial charge in [0.1, 0.15) is 5.76 Å². The molecule has 1 aliphatic carbocycles. The second-order valence-corrected chi connectivity index (χ2v) is 4.75. The molecule has 2 atom stereocenters. The number of nitrogens with one attached hydrogen (secondary N) is 1. The minimum atomic E-state index is -0.0770. The Balaban J connectivity index is 1.96. The second-order valence-electron chi connectivity index (χ2n) is 4.75. The van der Waals surface area contributed by atoms with Gasteiger partial charge in [-0.25, -0.2) is 0 Å². The van der Waals surface area contributed by atoms with Gasteiger partial charge in [0.05, 0.1) is 0 Å². The van der Waals surface area contributed by atoms with Crippen molar-refractivity contribution in [3.63, 3.8) is 0 Å². The predicted molar refractivity (Wildman–Crippen MR) is 62.3 cm³/mol. The first-order valence-corrected chi connectivity index (χ1v) is 6.04. The van der Waals surface area contributed by atoms with E-state index in [1.165, 1.54) is 19.3 Å². The maximum atomic E-state index is 11.9. The molecule has 3 heteroatoms. The zero-order valence-electron chi connectivity index (χ0n) is 9.95. The molecule has 1 aliphatic rings.